The fraction of sp³-hybridized carbons (Fsp3) is 0.700. The van der Waals surface area contributed by atoms with Crippen molar-refractivity contribution < 1.29 is 0 Å². The first-order chi connectivity index (χ1) is 6.77. The van der Waals surface area contributed by atoms with Crippen LogP contribution in [0.15, 0.2) is 12.3 Å². The van der Waals surface area contributed by atoms with Crippen LogP contribution in [-0.4, -0.2) is 28.9 Å². The Kier molecular flexibility index (Phi) is 2.72. The highest BCUT2D eigenvalue weighted by Crippen LogP contribution is 2.15. The molecule has 2 atom stereocenters. The van der Waals surface area contributed by atoms with Gasteiger partial charge in [-0.15, -0.1) is 0 Å². The lowest BCUT2D eigenvalue weighted by Crippen LogP contribution is -2.33. The number of hydrogen-bond acceptors (Lipinski definition) is 3. The van der Waals surface area contributed by atoms with Gasteiger partial charge in [0.1, 0.15) is 5.82 Å². The van der Waals surface area contributed by atoms with Gasteiger partial charge in [0.25, 0.3) is 0 Å². The second-order valence-electron chi connectivity index (χ2n) is 4.05. The zero-order chi connectivity index (χ0) is 9.97. The first kappa shape index (κ1) is 9.52. The summed E-state index contributed by atoms with van der Waals surface area (Å²) in [6, 6.07) is 2.60. The van der Waals surface area contributed by atoms with Crippen molar-refractivity contribution in [1.29, 1.82) is 0 Å². The highest BCUT2D eigenvalue weighted by atomic mass is 15.3. The van der Waals surface area contributed by atoms with Crippen molar-refractivity contribution in [3.05, 3.63) is 12.3 Å². The first-order valence-electron chi connectivity index (χ1n) is 5.22. The number of nitrogens with zero attached hydrogens (tertiary/aromatic N) is 2. The minimum absolute atomic E-state index is 0.602. The molecule has 0 radical (unpaired) electrons. The Bertz CT molecular complexity index is 294. The summed E-state index contributed by atoms with van der Waals surface area (Å²) in [6.45, 7) is 4.44. The molecule has 0 spiro atoms. The SMILES string of the molecule is CC1CCNC1CNc1ccnn1C. The predicted octanol–water partition coefficient (Wildman–Crippen LogP) is 0.830. The molecule has 1 aliphatic heterocycles. The minimum atomic E-state index is 0.602. The summed E-state index contributed by atoms with van der Waals surface area (Å²) in [5, 5.41) is 11.0. The van der Waals surface area contributed by atoms with Crippen molar-refractivity contribution in [3.8, 4) is 0 Å². The zero-order valence-corrected chi connectivity index (χ0v) is 8.83. The van der Waals surface area contributed by atoms with E-state index in [1.165, 1.54) is 6.42 Å². The van der Waals surface area contributed by atoms with Crippen molar-refractivity contribution in [2.45, 2.75) is 19.4 Å². The van der Waals surface area contributed by atoms with Crippen LogP contribution in [0, 0.1) is 5.92 Å². The van der Waals surface area contributed by atoms with E-state index in [9.17, 15) is 0 Å². The van der Waals surface area contributed by atoms with Crippen molar-refractivity contribution in [3.63, 3.8) is 0 Å². The molecule has 4 nitrogen and oxygen atoms in total. The third-order valence-electron chi connectivity index (χ3n) is 3.02. The molecule has 4 heteroatoms. The van der Waals surface area contributed by atoms with Crippen molar-refractivity contribution in [2.24, 2.45) is 13.0 Å². The van der Waals surface area contributed by atoms with Gasteiger partial charge in [0.05, 0.1) is 6.20 Å². The van der Waals surface area contributed by atoms with Gasteiger partial charge in [-0.2, -0.15) is 5.10 Å². The zero-order valence-electron chi connectivity index (χ0n) is 8.83. The summed E-state index contributed by atoms with van der Waals surface area (Å²) in [5.74, 6) is 1.86. The van der Waals surface area contributed by atoms with Crippen LogP contribution in [0.25, 0.3) is 0 Å². The van der Waals surface area contributed by atoms with Crippen LogP contribution in [0.2, 0.25) is 0 Å². The smallest absolute Gasteiger partial charge is 0.123 e. The van der Waals surface area contributed by atoms with Crippen LogP contribution in [0.4, 0.5) is 5.82 Å². The van der Waals surface area contributed by atoms with Gasteiger partial charge in [-0.05, 0) is 18.9 Å². The van der Waals surface area contributed by atoms with Crippen LogP contribution in [0.5, 0.6) is 0 Å². The van der Waals surface area contributed by atoms with E-state index in [2.05, 4.69) is 22.7 Å². The first-order valence-corrected chi connectivity index (χ1v) is 5.22. The Hall–Kier alpha value is -1.03. The summed E-state index contributed by atoms with van der Waals surface area (Å²) in [5.41, 5.74) is 0. The number of hydrogen-bond donors (Lipinski definition) is 2. The minimum Gasteiger partial charge on any atom is -0.369 e. The highest BCUT2D eigenvalue weighted by molar-refractivity contribution is 5.33. The average Bonchev–Trinajstić information content (AvgIpc) is 2.72. The summed E-state index contributed by atoms with van der Waals surface area (Å²) in [6.07, 6.45) is 3.10. The quantitative estimate of drug-likeness (QED) is 0.749. The molecule has 78 valence electrons. The maximum absolute atomic E-state index is 4.11. The number of aromatic nitrogens is 2. The van der Waals surface area contributed by atoms with Crippen LogP contribution in [0.1, 0.15) is 13.3 Å². The maximum atomic E-state index is 4.11. The Morgan fingerprint density at radius 1 is 1.71 bits per heavy atom. The Labute approximate surface area is 84.7 Å². The third kappa shape index (κ3) is 1.90. The molecule has 0 saturated carbocycles. The molecule has 2 heterocycles. The van der Waals surface area contributed by atoms with Gasteiger partial charge in [0.15, 0.2) is 0 Å². The second-order valence-corrected chi connectivity index (χ2v) is 4.05. The molecule has 14 heavy (non-hydrogen) atoms. The van der Waals surface area contributed by atoms with E-state index >= 15 is 0 Å². The molecule has 1 fully saturated rings. The molecule has 0 aromatic carbocycles. The van der Waals surface area contributed by atoms with Gasteiger partial charge >= 0.3 is 0 Å². The van der Waals surface area contributed by atoms with E-state index in [4.69, 9.17) is 0 Å². The lowest BCUT2D eigenvalue weighted by atomic mass is 10.0. The molecule has 2 rings (SSSR count). The molecular weight excluding hydrogens is 176 g/mol. The van der Waals surface area contributed by atoms with Crippen LogP contribution < -0.4 is 10.6 Å². The fourth-order valence-electron chi connectivity index (χ4n) is 1.93. The van der Waals surface area contributed by atoms with Gasteiger partial charge in [0.2, 0.25) is 0 Å². The lowest BCUT2D eigenvalue weighted by molar-refractivity contribution is 0.500. The lowest BCUT2D eigenvalue weighted by Gasteiger charge is -2.16. The van der Waals surface area contributed by atoms with Crippen molar-refractivity contribution in [1.82, 2.24) is 15.1 Å². The maximum Gasteiger partial charge on any atom is 0.123 e. The third-order valence-corrected chi connectivity index (χ3v) is 3.02. The van der Waals surface area contributed by atoms with Crippen LogP contribution in [0.3, 0.4) is 0 Å². The van der Waals surface area contributed by atoms with Crippen LogP contribution >= 0.6 is 0 Å². The standard InChI is InChI=1S/C10H18N4/c1-8-3-5-11-9(8)7-12-10-4-6-13-14(10)2/h4,6,8-9,11-12H,3,5,7H2,1-2H3. The van der Waals surface area contributed by atoms with E-state index in [1.54, 1.807) is 0 Å². The average molecular weight is 194 g/mol. The molecule has 2 unspecified atom stereocenters. The molecule has 1 aliphatic rings. The largest absolute Gasteiger partial charge is 0.369 e. The molecule has 0 bridgehead atoms. The van der Waals surface area contributed by atoms with Gasteiger partial charge in [-0.1, -0.05) is 6.92 Å². The Morgan fingerprint density at radius 2 is 2.57 bits per heavy atom. The van der Waals surface area contributed by atoms with Gasteiger partial charge < -0.3 is 10.6 Å². The monoisotopic (exact) mass is 194 g/mol. The number of nitrogens with one attached hydrogen (secondary N) is 2. The number of anilines is 1. The predicted molar refractivity (Wildman–Crippen MR) is 57.3 cm³/mol. The fourth-order valence-corrected chi connectivity index (χ4v) is 1.93. The molecule has 1 aromatic rings. The number of aryl methyl sites for hydroxylation is 1. The van der Waals surface area contributed by atoms with Gasteiger partial charge in [-0.25, -0.2) is 0 Å². The highest BCUT2D eigenvalue weighted by Gasteiger charge is 2.22. The van der Waals surface area contributed by atoms with E-state index in [0.29, 0.717) is 6.04 Å². The van der Waals surface area contributed by atoms with E-state index in [1.807, 2.05) is 24.0 Å². The Morgan fingerprint density at radius 3 is 3.14 bits per heavy atom. The topological polar surface area (TPSA) is 41.9 Å². The van der Waals surface area contributed by atoms with E-state index in [-0.39, 0.29) is 0 Å². The molecular formula is C10H18N4. The summed E-state index contributed by atoms with van der Waals surface area (Å²) in [7, 11) is 1.95. The van der Waals surface area contributed by atoms with Crippen molar-refractivity contribution in [2.75, 3.05) is 18.4 Å². The second kappa shape index (κ2) is 4.00. The van der Waals surface area contributed by atoms with E-state index < -0.39 is 0 Å². The summed E-state index contributed by atoms with van der Waals surface area (Å²) in [4.78, 5) is 0. The Balaban J connectivity index is 1.85. The molecule has 2 N–H and O–H groups in total. The molecule has 1 aromatic heterocycles. The molecule has 0 amide bonds. The van der Waals surface area contributed by atoms with Crippen molar-refractivity contribution >= 4 is 5.82 Å². The van der Waals surface area contributed by atoms with Gasteiger partial charge in [-0.3, -0.25) is 4.68 Å². The van der Waals surface area contributed by atoms with E-state index in [0.717, 1.165) is 24.8 Å². The van der Waals surface area contributed by atoms with Crippen LogP contribution in [-0.2, 0) is 7.05 Å². The molecule has 0 aliphatic carbocycles. The molecule has 1 saturated heterocycles. The number of rotatable bonds is 3. The normalized spacial score (nSPS) is 26.7. The summed E-state index contributed by atoms with van der Waals surface area (Å²) >= 11 is 0. The summed E-state index contributed by atoms with van der Waals surface area (Å²) < 4.78 is 1.86. The van der Waals surface area contributed by atoms with Gasteiger partial charge in [0, 0.05) is 25.7 Å².